The number of hydrogen-bond acceptors (Lipinski definition) is 5. The Morgan fingerprint density at radius 2 is 2.30 bits per heavy atom. The summed E-state index contributed by atoms with van der Waals surface area (Å²) in [5.74, 6) is -0.318. The molecule has 0 saturated carbocycles. The van der Waals surface area contributed by atoms with Gasteiger partial charge < -0.3 is 20.1 Å². The fourth-order valence-corrected chi connectivity index (χ4v) is 2.51. The van der Waals surface area contributed by atoms with Crippen molar-refractivity contribution >= 4 is 11.7 Å². The lowest BCUT2D eigenvalue weighted by Gasteiger charge is -2.38. The molecule has 0 radical (unpaired) electrons. The second kappa shape index (κ2) is 6.72. The van der Waals surface area contributed by atoms with Crippen molar-refractivity contribution in [1.29, 1.82) is 0 Å². The first-order chi connectivity index (χ1) is 9.65. The lowest BCUT2D eigenvalue weighted by Crippen LogP contribution is -2.52. The number of nitrogens with two attached hydrogens (primary N) is 1. The summed E-state index contributed by atoms with van der Waals surface area (Å²) < 4.78 is 10.4. The molecule has 0 aliphatic carbocycles. The molecular weight excluding hydrogens is 256 g/mol. The van der Waals surface area contributed by atoms with Crippen molar-refractivity contribution in [3.8, 4) is 0 Å². The molecular formula is C15H22N2O3. The van der Waals surface area contributed by atoms with Crippen LogP contribution >= 0.6 is 0 Å². The normalized spacial score (nSPS) is 22.6. The van der Waals surface area contributed by atoms with Crippen LogP contribution in [0.4, 0.5) is 5.69 Å². The maximum atomic E-state index is 11.6. The molecule has 20 heavy (non-hydrogen) atoms. The molecule has 1 aliphatic heterocycles. The molecule has 0 amide bonds. The fraction of sp³-hybridized carbons (Fsp3) is 0.533. The molecule has 0 bridgehead atoms. The Labute approximate surface area is 119 Å². The van der Waals surface area contributed by atoms with Crippen LogP contribution in [0.2, 0.25) is 0 Å². The zero-order valence-corrected chi connectivity index (χ0v) is 12.0. The first-order valence-corrected chi connectivity index (χ1v) is 6.96. The van der Waals surface area contributed by atoms with E-state index in [9.17, 15) is 4.79 Å². The lowest BCUT2D eigenvalue weighted by atomic mass is 10.0. The summed E-state index contributed by atoms with van der Waals surface area (Å²) in [4.78, 5) is 13.8. The standard InChI is InChI=1S/C15H22N2O3/c1-3-20-14-10-17(8-7-13(14)16)12-6-4-5-11(9-12)15(18)19-2/h4-6,9,13-14H,3,7-8,10,16H2,1-2H3/t13-,14+/m0/s1. The van der Waals surface area contributed by atoms with Crippen molar-refractivity contribution in [1.82, 2.24) is 0 Å². The van der Waals surface area contributed by atoms with Gasteiger partial charge in [-0.25, -0.2) is 4.79 Å². The van der Waals surface area contributed by atoms with Gasteiger partial charge in [-0.2, -0.15) is 0 Å². The van der Waals surface area contributed by atoms with E-state index in [1.54, 1.807) is 6.07 Å². The Morgan fingerprint density at radius 3 is 3.00 bits per heavy atom. The van der Waals surface area contributed by atoms with Gasteiger partial charge in [-0.15, -0.1) is 0 Å². The highest BCUT2D eigenvalue weighted by Crippen LogP contribution is 2.22. The highest BCUT2D eigenvalue weighted by Gasteiger charge is 2.27. The zero-order valence-electron chi connectivity index (χ0n) is 12.0. The quantitative estimate of drug-likeness (QED) is 0.844. The Morgan fingerprint density at radius 1 is 1.50 bits per heavy atom. The van der Waals surface area contributed by atoms with Crippen LogP contribution in [-0.4, -0.2) is 44.9 Å². The molecule has 0 aromatic heterocycles. The summed E-state index contributed by atoms with van der Waals surface area (Å²) in [6.45, 7) is 4.26. The van der Waals surface area contributed by atoms with E-state index in [0.29, 0.717) is 12.2 Å². The summed E-state index contributed by atoms with van der Waals surface area (Å²) >= 11 is 0. The van der Waals surface area contributed by atoms with E-state index in [2.05, 4.69) is 4.90 Å². The smallest absolute Gasteiger partial charge is 0.337 e. The number of hydrogen-bond donors (Lipinski definition) is 1. The van der Waals surface area contributed by atoms with Crippen LogP contribution < -0.4 is 10.6 Å². The molecule has 0 spiro atoms. The molecule has 1 aliphatic rings. The van der Waals surface area contributed by atoms with Crippen LogP contribution in [0, 0.1) is 0 Å². The van der Waals surface area contributed by atoms with Crippen molar-refractivity contribution in [3.63, 3.8) is 0 Å². The van der Waals surface area contributed by atoms with Crippen LogP contribution in [0.1, 0.15) is 23.7 Å². The summed E-state index contributed by atoms with van der Waals surface area (Å²) in [5.41, 5.74) is 7.65. The molecule has 1 heterocycles. The first-order valence-electron chi connectivity index (χ1n) is 6.96. The van der Waals surface area contributed by atoms with Gasteiger partial charge in [0, 0.05) is 31.4 Å². The fourth-order valence-electron chi connectivity index (χ4n) is 2.51. The third-order valence-corrected chi connectivity index (χ3v) is 3.62. The number of carbonyl (C=O) groups excluding carboxylic acids is 1. The van der Waals surface area contributed by atoms with Crippen molar-refractivity contribution in [2.24, 2.45) is 5.73 Å². The predicted octanol–water partition coefficient (Wildman–Crippen LogP) is 1.42. The van der Waals surface area contributed by atoms with Crippen LogP contribution in [0.15, 0.2) is 24.3 Å². The molecule has 110 valence electrons. The highest BCUT2D eigenvalue weighted by molar-refractivity contribution is 5.90. The Bertz CT molecular complexity index is 464. The van der Waals surface area contributed by atoms with Crippen molar-refractivity contribution in [2.45, 2.75) is 25.5 Å². The van der Waals surface area contributed by atoms with Gasteiger partial charge in [-0.3, -0.25) is 0 Å². The van der Waals surface area contributed by atoms with Crippen molar-refractivity contribution in [3.05, 3.63) is 29.8 Å². The third kappa shape index (κ3) is 3.29. The minimum atomic E-state index is -0.318. The minimum Gasteiger partial charge on any atom is -0.465 e. The van der Waals surface area contributed by atoms with Gasteiger partial charge >= 0.3 is 5.97 Å². The predicted molar refractivity (Wildman–Crippen MR) is 78.0 cm³/mol. The number of anilines is 1. The summed E-state index contributed by atoms with van der Waals surface area (Å²) in [7, 11) is 1.39. The summed E-state index contributed by atoms with van der Waals surface area (Å²) in [5, 5.41) is 0. The molecule has 1 aromatic rings. The van der Waals surface area contributed by atoms with E-state index in [0.717, 1.165) is 25.2 Å². The number of carbonyl (C=O) groups is 1. The second-order valence-corrected chi connectivity index (χ2v) is 4.93. The molecule has 1 aromatic carbocycles. The van der Waals surface area contributed by atoms with Crippen LogP contribution in [0.25, 0.3) is 0 Å². The van der Waals surface area contributed by atoms with Gasteiger partial charge in [-0.05, 0) is 31.5 Å². The SMILES string of the molecule is CCO[C@@H]1CN(c2cccc(C(=O)OC)c2)CC[C@@H]1N. The Hall–Kier alpha value is -1.59. The van der Waals surface area contributed by atoms with Crippen LogP contribution in [0.5, 0.6) is 0 Å². The highest BCUT2D eigenvalue weighted by atomic mass is 16.5. The van der Waals surface area contributed by atoms with Gasteiger partial charge in [0.25, 0.3) is 0 Å². The molecule has 1 saturated heterocycles. The van der Waals surface area contributed by atoms with Gasteiger partial charge in [0.2, 0.25) is 0 Å². The molecule has 5 heteroatoms. The van der Waals surface area contributed by atoms with E-state index < -0.39 is 0 Å². The number of benzene rings is 1. The monoisotopic (exact) mass is 278 g/mol. The van der Waals surface area contributed by atoms with Gasteiger partial charge in [0.1, 0.15) is 0 Å². The van der Waals surface area contributed by atoms with Crippen molar-refractivity contribution in [2.75, 3.05) is 31.7 Å². The number of rotatable bonds is 4. The van der Waals surface area contributed by atoms with Gasteiger partial charge in [-0.1, -0.05) is 6.07 Å². The Balaban J connectivity index is 2.13. The molecule has 2 atom stereocenters. The van der Waals surface area contributed by atoms with E-state index in [4.69, 9.17) is 15.2 Å². The van der Waals surface area contributed by atoms with E-state index in [1.807, 2.05) is 25.1 Å². The zero-order chi connectivity index (χ0) is 14.5. The first kappa shape index (κ1) is 14.8. The molecule has 5 nitrogen and oxygen atoms in total. The average Bonchev–Trinajstić information content (AvgIpc) is 2.49. The Kier molecular flexibility index (Phi) is 4.98. The number of piperidine rings is 1. The van der Waals surface area contributed by atoms with E-state index >= 15 is 0 Å². The van der Waals surface area contributed by atoms with E-state index in [-0.39, 0.29) is 18.1 Å². The number of ether oxygens (including phenoxy) is 2. The minimum absolute atomic E-state index is 0.0375. The van der Waals surface area contributed by atoms with Crippen LogP contribution in [-0.2, 0) is 9.47 Å². The van der Waals surface area contributed by atoms with Crippen LogP contribution in [0.3, 0.4) is 0 Å². The number of esters is 1. The lowest BCUT2D eigenvalue weighted by molar-refractivity contribution is 0.0389. The molecule has 2 rings (SSSR count). The van der Waals surface area contributed by atoms with Gasteiger partial charge in [0.05, 0.1) is 18.8 Å². The third-order valence-electron chi connectivity index (χ3n) is 3.62. The average molecular weight is 278 g/mol. The maximum Gasteiger partial charge on any atom is 0.337 e. The molecule has 0 unspecified atom stereocenters. The number of methoxy groups -OCH3 is 1. The molecule has 2 N–H and O–H groups in total. The van der Waals surface area contributed by atoms with Gasteiger partial charge in [0.15, 0.2) is 0 Å². The number of nitrogens with zero attached hydrogens (tertiary/aromatic N) is 1. The van der Waals surface area contributed by atoms with E-state index in [1.165, 1.54) is 7.11 Å². The second-order valence-electron chi connectivity index (χ2n) is 4.93. The van der Waals surface area contributed by atoms with Crippen molar-refractivity contribution < 1.29 is 14.3 Å². The topological polar surface area (TPSA) is 64.8 Å². The molecule has 1 fully saturated rings. The summed E-state index contributed by atoms with van der Waals surface area (Å²) in [6.07, 6.45) is 0.920. The largest absolute Gasteiger partial charge is 0.465 e. The maximum absolute atomic E-state index is 11.6. The summed E-state index contributed by atoms with van der Waals surface area (Å²) in [6, 6.07) is 7.55.